The molecule has 8 nitrogen and oxygen atoms in total. The second-order valence-corrected chi connectivity index (χ2v) is 7.24. The second-order valence-electron chi connectivity index (χ2n) is 7.24. The molecule has 0 spiro atoms. The van der Waals surface area contributed by atoms with Crippen LogP contribution in [0.4, 0.5) is 5.69 Å². The van der Waals surface area contributed by atoms with Crippen LogP contribution < -0.4 is 10.2 Å². The number of amides is 4. The summed E-state index contributed by atoms with van der Waals surface area (Å²) in [6.07, 6.45) is 0.334. The maximum Gasteiger partial charge on any atom is 0.262 e. The van der Waals surface area contributed by atoms with E-state index in [1.54, 1.807) is 54.4 Å². The van der Waals surface area contributed by atoms with Crippen LogP contribution >= 0.6 is 0 Å². The van der Waals surface area contributed by atoms with Gasteiger partial charge in [-0.25, -0.2) is 0 Å². The number of nitrogens with one attached hydrogen (secondary N) is 1. The highest BCUT2D eigenvalue weighted by Crippen LogP contribution is 2.28. The quantitative estimate of drug-likeness (QED) is 0.574. The van der Waals surface area contributed by atoms with Crippen molar-refractivity contribution in [1.82, 2.24) is 10.2 Å². The highest BCUT2D eigenvalue weighted by molar-refractivity contribution is 6.22. The molecule has 4 amide bonds. The van der Waals surface area contributed by atoms with Crippen LogP contribution in [-0.2, 0) is 16.0 Å². The van der Waals surface area contributed by atoms with Gasteiger partial charge in [-0.1, -0.05) is 12.1 Å². The number of likely N-dealkylation sites (N-methyl/N-ethyl adjacent to an activating group) is 1. The number of rotatable bonds is 6. The molecule has 1 N–H and O–H groups in total. The Morgan fingerprint density at radius 3 is 2.33 bits per heavy atom. The normalized spacial score (nSPS) is 14.8. The van der Waals surface area contributed by atoms with E-state index in [4.69, 9.17) is 0 Å². The van der Waals surface area contributed by atoms with Crippen molar-refractivity contribution in [2.24, 2.45) is 0 Å². The number of carbonyl (C=O) groups excluding carboxylic acids is 5. The standard InChI is InChI=1S/C22H19N3O5/c1-24-17-7-6-13(10-14(17)11-20(24)28)18(26)8-9-23-19(27)12-25-21(29)15-4-2-3-5-16(15)22(25)30/h2-7,10H,8-9,11-12H2,1H3,(H,23,27). The monoisotopic (exact) mass is 405 g/mol. The molecule has 0 saturated heterocycles. The van der Waals surface area contributed by atoms with Crippen molar-refractivity contribution in [3.63, 3.8) is 0 Å². The Kier molecular flexibility index (Phi) is 4.91. The Morgan fingerprint density at radius 1 is 1.00 bits per heavy atom. The van der Waals surface area contributed by atoms with Crippen LogP contribution in [0.5, 0.6) is 0 Å². The third kappa shape index (κ3) is 3.36. The molecule has 2 aliphatic heterocycles. The van der Waals surface area contributed by atoms with Gasteiger partial charge in [-0.3, -0.25) is 28.9 Å². The van der Waals surface area contributed by atoms with Crippen LogP contribution in [0.15, 0.2) is 42.5 Å². The average molecular weight is 405 g/mol. The molecule has 2 aromatic rings. The molecule has 2 aliphatic rings. The second kappa shape index (κ2) is 7.55. The number of carbonyl (C=O) groups is 5. The first-order valence-corrected chi connectivity index (χ1v) is 9.51. The third-order valence-electron chi connectivity index (χ3n) is 5.33. The zero-order valence-electron chi connectivity index (χ0n) is 16.3. The molecule has 2 aromatic carbocycles. The largest absolute Gasteiger partial charge is 0.354 e. The lowest BCUT2D eigenvalue weighted by Gasteiger charge is -2.13. The van der Waals surface area contributed by atoms with Crippen LogP contribution in [0.1, 0.15) is 43.1 Å². The SMILES string of the molecule is CN1C(=O)Cc2cc(C(=O)CCNC(=O)CN3C(=O)c4ccccc4C3=O)ccc21. The van der Waals surface area contributed by atoms with Crippen LogP contribution in [-0.4, -0.2) is 54.4 Å². The molecule has 2 heterocycles. The van der Waals surface area contributed by atoms with Gasteiger partial charge in [-0.2, -0.15) is 0 Å². The van der Waals surface area contributed by atoms with Gasteiger partial charge in [-0.15, -0.1) is 0 Å². The number of fused-ring (bicyclic) bond motifs is 2. The lowest BCUT2D eigenvalue weighted by atomic mass is 10.0. The van der Waals surface area contributed by atoms with E-state index in [0.29, 0.717) is 5.56 Å². The fourth-order valence-electron chi connectivity index (χ4n) is 3.69. The van der Waals surface area contributed by atoms with Gasteiger partial charge in [0.1, 0.15) is 6.54 Å². The summed E-state index contributed by atoms with van der Waals surface area (Å²) in [4.78, 5) is 63.4. The first-order valence-electron chi connectivity index (χ1n) is 9.51. The van der Waals surface area contributed by atoms with Crippen molar-refractivity contribution in [3.05, 3.63) is 64.7 Å². The van der Waals surface area contributed by atoms with Crippen LogP contribution in [0.25, 0.3) is 0 Å². The van der Waals surface area contributed by atoms with Gasteiger partial charge < -0.3 is 10.2 Å². The van der Waals surface area contributed by atoms with Crippen molar-refractivity contribution >= 4 is 35.1 Å². The van der Waals surface area contributed by atoms with E-state index >= 15 is 0 Å². The Labute approximate surface area is 172 Å². The summed E-state index contributed by atoms with van der Waals surface area (Å²) in [5.41, 5.74) is 2.65. The minimum absolute atomic E-state index is 0.0185. The van der Waals surface area contributed by atoms with Gasteiger partial charge >= 0.3 is 0 Å². The van der Waals surface area contributed by atoms with Crippen molar-refractivity contribution in [2.75, 3.05) is 25.0 Å². The molecule has 0 fully saturated rings. The van der Waals surface area contributed by atoms with Crippen LogP contribution in [0.3, 0.4) is 0 Å². The number of nitrogens with zero attached hydrogens (tertiary/aromatic N) is 2. The molecule has 0 aromatic heterocycles. The number of Topliss-reactive ketones (excluding diaryl/α,β-unsaturated/α-hetero) is 1. The highest BCUT2D eigenvalue weighted by atomic mass is 16.2. The molecule has 152 valence electrons. The first kappa shape index (κ1) is 19.5. The molecule has 0 bridgehead atoms. The summed E-state index contributed by atoms with van der Waals surface area (Å²) < 4.78 is 0. The average Bonchev–Trinajstić information content (AvgIpc) is 3.16. The number of anilines is 1. The summed E-state index contributed by atoms with van der Waals surface area (Å²) in [6.45, 7) is -0.315. The molecule has 30 heavy (non-hydrogen) atoms. The predicted molar refractivity (Wildman–Crippen MR) is 107 cm³/mol. The molecular weight excluding hydrogens is 386 g/mol. The predicted octanol–water partition coefficient (Wildman–Crippen LogP) is 1.19. The van der Waals surface area contributed by atoms with Gasteiger partial charge in [0.2, 0.25) is 11.8 Å². The maximum absolute atomic E-state index is 12.4. The molecule has 8 heteroatoms. The van der Waals surface area contributed by atoms with Crippen molar-refractivity contribution in [3.8, 4) is 0 Å². The zero-order valence-corrected chi connectivity index (χ0v) is 16.3. The van der Waals surface area contributed by atoms with E-state index in [-0.39, 0.29) is 42.2 Å². The first-order chi connectivity index (χ1) is 14.4. The number of hydrogen-bond donors (Lipinski definition) is 1. The minimum atomic E-state index is -0.515. The van der Waals surface area contributed by atoms with Gasteiger partial charge in [0.25, 0.3) is 11.8 Å². The van der Waals surface area contributed by atoms with E-state index in [0.717, 1.165) is 16.2 Å². The molecule has 0 atom stereocenters. The fraction of sp³-hybridized carbons (Fsp3) is 0.227. The molecule has 0 radical (unpaired) electrons. The third-order valence-corrected chi connectivity index (χ3v) is 5.33. The summed E-state index contributed by atoms with van der Waals surface area (Å²) in [5.74, 6) is -1.70. The number of benzene rings is 2. The Morgan fingerprint density at radius 2 is 1.67 bits per heavy atom. The van der Waals surface area contributed by atoms with Crippen molar-refractivity contribution in [1.29, 1.82) is 0 Å². The van der Waals surface area contributed by atoms with Gasteiger partial charge in [0, 0.05) is 31.3 Å². The van der Waals surface area contributed by atoms with Crippen molar-refractivity contribution < 1.29 is 24.0 Å². The number of imide groups is 1. The number of hydrogen-bond acceptors (Lipinski definition) is 5. The van der Waals surface area contributed by atoms with E-state index in [1.165, 1.54) is 0 Å². The van der Waals surface area contributed by atoms with E-state index < -0.39 is 24.3 Å². The Balaban J connectivity index is 1.30. The topological polar surface area (TPSA) is 104 Å². The smallest absolute Gasteiger partial charge is 0.262 e. The minimum Gasteiger partial charge on any atom is -0.354 e. The lowest BCUT2D eigenvalue weighted by molar-refractivity contribution is -0.121. The summed E-state index contributed by atoms with van der Waals surface area (Å²) >= 11 is 0. The fourth-order valence-corrected chi connectivity index (χ4v) is 3.69. The summed E-state index contributed by atoms with van der Waals surface area (Å²) in [6, 6.07) is 11.5. The molecule has 4 rings (SSSR count). The van der Waals surface area contributed by atoms with E-state index in [2.05, 4.69) is 5.32 Å². The molecule has 0 saturated carbocycles. The lowest BCUT2D eigenvalue weighted by Crippen LogP contribution is -2.40. The van der Waals surface area contributed by atoms with Gasteiger partial charge in [0.05, 0.1) is 17.5 Å². The zero-order chi connectivity index (χ0) is 21.4. The number of ketones is 1. The summed E-state index contributed by atoms with van der Waals surface area (Å²) in [7, 11) is 1.69. The maximum atomic E-state index is 12.4. The van der Waals surface area contributed by atoms with E-state index in [1.807, 2.05) is 0 Å². The molecule has 0 aliphatic carbocycles. The molecular formula is C22H19N3O5. The highest BCUT2D eigenvalue weighted by Gasteiger charge is 2.36. The van der Waals surface area contributed by atoms with Crippen LogP contribution in [0, 0.1) is 0 Å². The Bertz CT molecular complexity index is 1070. The van der Waals surface area contributed by atoms with Crippen LogP contribution in [0.2, 0.25) is 0 Å². The Hall–Kier alpha value is -3.81. The van der Waals surface area contributed by atoms with Crippen molar-refractivity contribution in [2.45, 2.75) is 12.8 Å². The van der Waals surface area contributed by atoms with E-state index in [9.17, 15) is 24.0 Å². The van der Waals surface area contributed by atoms with Gasteiger partial charge in [-0.05, 0) is 35.9 Å². The summed E-state index contributed by atoms with van der Waals surface area (Å²) in [5, 5.41) is 2.58. The molecule has 0 unspecified atom stereocenters. The van der Waals surface area contributed by atoms with Gasteiger partial charge in [0.15, 0.2) is 5.78 Å².